The normalized spacial score (nSPS) is 9.95. The van der Waals surface area contributed by atoms with Gasteiger partial charge in [0.15, 0.2) is 11.6 Å². The molecule has 6 nitrogen and oxygen atoms in total. The number of phenols is 1. The van der Waals surface area contributed by atoms with E-state index >= 15 is 0 Å². The number of benzene rings is 2. The Morgan fingerprint density at radius 1 is 1.14 bits per heavy atom. The minimum atomic E-state index is -1.30. The Labute approximate surface area is 118 Å². The lowest BCUT2D eigenvalue weighted by Crippen LogP contribution is -2.17. The van der Waals surface area contributed by atoms with Crippen molar-refractivity contribution < 1.29 is 28.9 Å². The van der Waals surface area contributed by atoms with Gasteiger partial charge in [-0.25, -0.2) is 14.0 Å². The lowest BCUT2D eigenvalue weighted by molar-refractivity contribution is 0.0693. The maximum atomic E-state index is 13.3. The number of carbonyl (C=O) groups is 2. The van der Waals surface area contributed by atoms with Gasteiger partial charge in [-0.1, -0.05) is 12.1 Å². The van der Waals surface area contributed by atoms with Crippen LogP contribution in [0.25, 0.3) is 0 Å². The zero-order valence-corrected chi connectivity index (χ0v) is 10.5. The third kappa shape index (κ3) is 3.47. The molecule has 21 heavy (non-hydrogen) atoms. The summed E-state index contributed by atoms with van der Waals surface area (Å²) in [5.74, 6) is -2.75. The average Bonchev–Trinajstić information content (AvgIpc) is 2.41. The molecule has 2 aromatic carbocycles. The quantitative estimate of drug-likeness (QED) is 0.808. The van der Waals surface area contributed by atoms with E-state index in [1.54, 1.807) is 0 Å². The fraction of sp³-hybridized carbons (Fsp3) is 0. The summed E-state index contributed by atoms with van der Waals surface area (Å²) < 4.78 is 18.0. The van der Waals surface area contributed by atoms with Crippen molar-refractivity contribution in [1.82, 2.24) is 0 Å². The molecule has 0 aliphatic heterocycles. The summed E-state index contributed by atoms with van der Waals surface area (Å²) in [5.41, 5.74) is -0.193. The lowest BCUT2D eigenvalue weighted by atomic mass is 10.2. The molecule has 0 aliphatic carbocycles. The number of amides is 1. The van der Waals surface area contributed by atoms with Crippen molar-refractivity contribution in [2.45, 2.75) is 0 Å². The standard InChI is InChI=1S/C14H10FNO5/c15-10-3-1-2-4-12(10)21-14(20)16-8-5-6-9(13(18)19)11(17)7-8/h1-7,17H,(H,16,20)(H,18,19). The third-order valence-corrected chi connectivity index (χ3v) is 2.51. The van der Waals surface area contributed by atoms with Crippen LogP contribution in [0.1, 0.15) is 10.4 Å². The molecule has 1 amide bonds. The molecule has 2 rings (SSSR count). The van der Waals surface area contributed by atoms with E-state index in [0.717, 1.165) is 18.2 Å². The van der Waals surface area contributed by atoms with Crippen LogP contribution in [0.5, 0.6) is 11.5 Å². The minimum Gasteiger partial charge on any atom is -0.507 e. The van der Waals surface area contributed by atoms with Crippen LogP contribution < -0.4 is 10.1 Å². The van der Waals surface area contributed by atoms with Crippen LogP contribution in [0, 0.1) is 5.82 Å². The minimum absolute atomic E-state index is 0.110. The molecule has 0 saturated heterocycles. The molecular weight excluding hydrogens is 281 g/mol. The van der Waals surface area contributed by atoms with E-state index in [9.17, 15) is 19.1 Å². The first-order valence-corrected chi connectivity index (χ1v) is 5.77. The topological polar surface area (TPSA) is 95.9 Å². The lowest BCUT2D eigenvalue weighted by Gasteiger charge is -2.08. The first-order valence-electron chi connectivity index (χ1n) is 5.77. The maximum absolute atomic E-state index is 13.3. The Hall–Kier alpha value is -3.09. The van der Waals surface area contributed by atoms with Crippen molar-refractivity contribution in [1.29, 1.82) is 0 Å². The highest BCUT2D eigenvalue weighted by Crippen LogP contribution is 2.22. The van der Waals surface area contributed by atoms with Gasteiger partial charge in [0.05, 0.1) is 0 Å². The van der Waals surface area contributed by atoms with E-state index < -0.39 is 23.6 Å². The summed E-state index contributed by atoms with van der Waals surface area (Å²) in [5, 5.41) is 20.5. The van der Waals surface area contributed by atoms with Crippen LogP contribution in [-0.4, -0.2) is 22.3 Å². The average molecular weight is 291 g/mol. The van der Waals surface area contributed by atoms with Crippen LogP contribution in [0.4, 0.5) is 14.9 Å². The molecule has 0 aliphatic rings. The number of anilines is 1. The fourth-order valence-electron chi connectivity index (χ4n) is 1.56. The van der Waals surface area contributed by atoms with Crippen molar-refractivity contribution >= 4 is 17.7 Å². The second-order valence-corrected chi connectivity index (χ2v) is 3.98. The number of carboxylic acid groups (broad SMARTS) is 1. The Morgan fingerprint density at radius 3 is 2.48 bits per heavy atom. The molecule has 0 heterocycles. The summed E-state index contributed by atoms with van der Waals surface area (Å²) in [4.78, 5) is 22.3. The van der Waals surface area contributed by atoms with Crippen molar-refractivity contribution in [3.05, 3.63) is 53.8 Å². The van der Waals surface area contributed by atoms with Crippen LogP contribution in [0.3, 0.4) is 0 Å². The number of ether oxygens (including phenoxy) is 1. The molecule has 0 unspecified atom stereocenters. The number of nitrogens with one attached hydrogen (secondary N) is 1. The van der Waals surface area contributed by atoms with Gasteiger partial charge in [0, 0.05) is 11.8 Å². The number of aromatic carboxylic acids is 1. The van der Waals surface area contributed by atoms with Gasteiger partial charge in [-0.15, -0.1) is 0 Å². The predicted octanol–water partition coefficient (Wildman–Crippen LogP) is 2.84. The van der Waals surface area contributed by atoms with Crippen molar-refractivity contribution in [3.63, 3.8) is 0 Å². The summed E-state index contributed by atoms with van der Waals surface area (Å²) >= 11 is 0. The molecule has 0 spiro atoms. The van der Waals surface area contributed by atoms with Crippen molar-refractivity contribution in [2.75, 3.05) is 5.32 Å². The molecule has 0 fully saturated rings. The van der Waals surface area contributed by atoms with Crippen LogP contribution >= 0.6 is 0 Å². The van der Waals surface area contributed by atoms with Crippen molar-refractivity contribution in [2.24, 2.45) is 0 Å². The third-order valence-electron chi connectivity index (χ3n) is 2.51. The zero-order valence-electron chi connectivity index (χ0n) is 10.5. The first-order chi connectivity index (χ1) is 9.97. The van der Waals surface area contributed by atoms with Crippen LogP contribution in [0.15, 0.2) is 42.5 Å². The van der Waals surface area contributed by atoms with Crippen LogP contribution in [0.2, 0.25) is 0 Å². The maximum Gasteiger partial charge on any atom is 0.417 e. The predicted molar refractivity (Wildman–Crippen MR) is 71.1 cm³/mol. The monoisotopic (exact) mass is 291 g/mol. The number of aromatic hydroxyl groups is 1. The summed E-state index contributed by atoms with van der Waals surface area (Å²) in [6, 6.07) is 8.80. The Morgan fingerprint density at radius 2 is 1.86 bits per heavy atom. The summed E-state index contributed by atoms with van der Waals surface area (Å²) in [6.07, 6.45) is -0.970. The molecule has 7 heteroatoms. The number of carboxylic acids is 1. The molecule has 0 radical (unpaired) electrons. The highest BCUT2D eigenvalue weighted by Gasteiger charge is 2.12. The number of hydrogen-bond acceptors (Lipinski definition) is 4. The summed E-state index contributed by atoms with van der Waals surface area (Å²) in [6.45, 7) is 0. The highest BCUT2D eigenvalue weighted by atomic mass is 19.1. The Balaban J connectivity index is 2.08. The van der Waals surface area contributed by atoms with Crippen LogP contribution in [-0.2, 0) is 0 Å². The van der Waals surface area contributed by atoms with Crippen molar-refractivity contribution in [3.8, 4) is 11.5 Å². The van der Waals surface area contributed by atoms with Gasteiger partial charge in [0.1, 0.15) is 11.3 Å². The number of para-hydroxylation sites is 1. The van der Waals surface area contributed by atoms with Gasteiger partial charge in [0.2, 0.25) is 0 Å². The van der Waals surface area contributed by atoms with Gasteiger partial charge < -0.3 is 14.9 Å². The molecule has 0 atom stereocenters. The fourth-order valence-corrected chi connectivity index (χ4v) is 1.56. The van der Waals surface area contributed by atoms with E-state index in [4.69, 9.17) is 9.84 Å². The molecule has 3 N–H and O–H groups in total. The van der Waals surface area contributed by atoms with E-state index in [-0.39, 0.29) is 17.0 Å². The molecule has 108 valence electrons. The van der Waals surface area contributed by atoms with E-state index in [2.05, 4.69) is 5.32 Å². The second-order valence-electron chi connectivity index (χ2n) is 3.98. The van der Waals surface area contributed by atoms with E-state index in [0.29, 0.717) is 0 Å². The number of rotatable bonds is 3. The molecule has 0 aromatic heterocycles. The van der Waals surface area contributed by atoms with E-state index in [1.807, 2.05) is 0 Å². The number of carbonyl (C=O) groups excluding carboxylic acids is 1. The summed E-state index contributed by atoms with van der Waals surface area (Å²) in [7, 11) is 0. The first kappa shape index (κ1) is 14.3. The van der Waals surface area contributed by atoms with Gasteiger partial charge in [-0.2, -0.15) is 0 Å². The molecule has 2 aromatic rings. The van der Waals surface area contributed by atoms with Gasteiger partial charge in [-0.05, 0) is 24.3 Å². The van der Waals surface area contributed by atoms with E-state index in [1.165, 1.54) is 24.3 Å². The Kier molecular flexibility index (Phi) is 4.03. The van der Waals surface area contributed by atoms with Gasteiger partial charge in [0.25, 0.3) is 0 Å². The van der Waals surface area contributed by atoms with Gasteiger partial charge in [-0.3, -0.25) is 5.32 Å². The molecular formula is C14H10FNO5. The SMILES string of the molecule is O=C(Nc1ccc(C(=O)O)c(O)c1)Oc1ccccc1F. The largest absolute Gasteiger partial charge is 0.507 e. The number of halogens is 1. The smallest absolute Gasteiger partial charge is 0.417 e. The number of hydrogen-bond donors (Lipinski definition) is 3. The Bertz CT molecular complexity index is 702. The van der Waals surface area contributed by atoms with Gasteiger partial charge >= 0.3 is 12.1 Å². The highest BCUT2D eigenvalue weighted by molar-refractivity contribution is 5.93. The molecule has 0 bridgehead atoms. The molecule has 0 saturated carbocycles. The second kappa shape index (κ2) is 5.91. The zero-order chi connectivity index (χ0) is 15.4.